The third-order valence-corrected chi connectivity index (χ3v) is 7.42. The Morgan fingerprint density at radius 3 is 2.38 bits per heavy atom. The summed E-state index contributed by atoms with van der Waals surface area (Å²) in [5.41, 5.74) is 3.34. The Morgan fingerprint density at radius 2 is 1.71 bits per heavy atom. The summed E-state index contributed by atoms with van der Waals surface area (Å²) in [4.78, 5) is 27.1. The van der Waals surface area contributed by atoms with Crippen molar-refractivity contribution in [1.82, 2.24) is 4.31 Å². The van der Waals surface area contributed by atoms with Crippen LogP contribution in [0.5, 0.6) is 0 Å². The Morgan fingerprint density at radius 1 is 1.03 bits per heavy atom. The van der Waals surface area contributed by atoms with Gasteiger partial charge >= 0.3 is 0 Å². The summed E-state index contributed by atoms with van der Waals surface area (Å²) >= 11 is 0. The van der Waals surface area contributed by atoms with Gasteiger partial charge in [0, 0.05) is 30.5 Å². The van der Waals surface area contributed by atoms with E-state index in [2.05, 4.69) is 5.32 Å². The van der Waals surface area contributed by atoms with E-state index in [1.807, 2.05) is 30.3 Å². The Labute approximate surface area is 198 Å². The molecule has 1 heterocycles. The van der Waals surface area contributed by atoms with Gasteiger partial charge in [0.1, 0.15) is 0 Å². The average molecular weight is 475 g/mol. The number of hydrogen-bond acceptors (Lipinski definition) is 5. The van der Waals surface area contributed by atoms with Crippen LogP contribution in [-0.4, -0.2) is 44.7 Å². The number of sulfonamides is 1. The first-order valence-electron chi connectivity index (χ1n) is 10.6. The molecule has 1 aliphatic rings. The zero-order valence-corrected chi connectivity index (χ0v) is 19.2. The molecule has 4 rings (SSSR count). The predicted molar refractivity (Wildman–Crippen MR) is 128 cm³/mol. The Hall–Kier alpha value is -4.00. The summed E-state index contributed by atoms with van der Waals surface area (Å²) in [6, 6.07) is 21.7. The van der Waals surface area contributed by atoms with Gasteiger partial charge in [-0.1, -0.05) is 18.2 Å². The number of fused-ring (bicyclic) bond motifs is 1. The van der Waals surface area contributed by atoms with E-state index in [4.69, 9.17) is 5.26 Å². The lowest BCUT2D eigenvalue weighted by atomic mass is 10.1. The lowest BCUT2D eigenvalue weighted by molar-refractivity contribution is -0.116. The van der Waals surface area contributed by atoms with Crippen LogP contribution >= 0.6 is 0 Å². The number of nitriles is 1. The molecule has 0 unspecified atom stereocenters. The van der Waals surface area contributed by atoms with Crippen LogP contribution in [-0.2, 0) is 21.2 Å². The van der Waals surface area contributed by atoms with Crippen molar-refractivity contribution in [3.8, 4) is 6.07 Å². The maximum Gasteiger partial charge on any atom is 0.258 e. The van der Waals surface area contributed by atoms with Gasteiger partial charge in [0.25, 0.3) is 5.91 Å². The molecule has 34 heavy (non-hydrogen) atoms. The highest BCUT2D eigenvalue weighted by Crippen LogP contribution is 2.29. The fourth-order valence-corrected chi connectivity index (χ4v) is 4.90. The number of carbonyl (C=O) groups excluding carboxylic acids is 2. The topological polar surface area (TPSA) is 111 Å². The number of amides is 2. The van der Waals surface area contributed by atoms with E-state index < -0.39 is 22.5 Å². The number of para-hydroxylation sites is 1. The monoisotopic (exact) mass is 474 g/mol. The van der Waals surface area contributed by atoms with Gasteiger partial charge in [0.2, 0.25) is 15.9 Å². The van der Waals surface area contributed by atoms with E-state index in [1.54, 1.807) is 29.2 Å². The Balaban J connectivity index is 1.38. The maximum absolute atomic E-state index is 12.9. The molecule has 2 amide bonds. The molecule has 0 saturated carbocycles. The molecule has 3 aromatic carbocycles. The molecular formula is C25H22N4O4S. The second-order valence-corrected chi connectivity index (χ2v) is 9.90. The van der Waals surface area contributed by atoms with Crippen LogP contribution < -0.4 is 10.2 Å². The molecule has 0 spiro atoms. The highest BCUT2D eigenvalue weighted by atomic mass is 32.2. The summed E-state index contributed by atoms with van der Waals surface area (Å²) in [6.45, 7) is 0.226. The number of benzene rings is 3. The number of likely N-dealkylation sites (N-methyl/N-ethyl adjacent to an activating group) is 1. The van der Waals surface area contributed by atoms with Crippen molar-refractivity contribution in [2.75, 3.05) is 30.4 Å². The normalized spacial score (nSPS) is 12.8. The molecule has 1 N–H and O–H groups in total. The third-order valence-electron chi connectivity index (χ3n) is 5.61. The van der Waals surface area contributed by atoms with E-state index in [-0.39, 0.29) is 10.8 Å². The second-order valence-electron chi connectivity index (χ2n) is 7.86. The van der Waals surface area contributed by atoms with Gasteiger partial charge in [-0.2, -0.15) is 9.57 Å². The molecule has 0 atom stereocenters. The van der Waals surface area contributed by atoms with E-state index in [0.717, 1.165) is 22.0 Å². The number of nitrogens with zero attached hydrogens (tertiary/aromatic N) is 3. The molecule has 8 nitrogen and oxygen atoms in total. The van der Waals surface area contributed by atoms with Crippen LogP contribution in [0.2, 0.25) is 0 Å². The number of rotatable bonds is 6. The van der Waals surface area contributed by atoms with Crippen LogP contribution in [0.1, 0.15) is 21.5 Å². The number of anilines is 2. The van der Waals surface area contributed by atoms with Gasteiger partial charge in [-0.25, -0.2) is 8.42 Å². The molecule has 0 aromatic heterocycles. The first-order chi connectivity index (χ1) is 16.3. The summed E-state index contributed by atoms with van der Waals surface area (Å²) in [6.07, 6.45) is 0.814. The molecular weight excluding hydrogens is 452 g/mol. The number of nitrogens with one attached hydrogen (secondary N) is 1. The molecule has 0 aliphatic carbocycles. The zero-order valence-electron chi connectivity index (χ0n) is 18.4. The fraction of sp³-hybridized carbons (Fsp3) is 0.160. The summed E-state index contributed by atoms with van der Waals surface area (Å²) in [5.74, 6) is -0.636. The molecule has 3 aromatic rings. The van der Waals surface area contributed by atoms with Gasteiger partial charge < -0.3 is 10.2 Å². The molecule has 0 bridgehead atoms. The minimum atomic E-state index is -3.89. The highest BCUT2D eigenvalue weighted by Gasteiger charge is 2.25. The van der Waals surface area contributed by atoms with Crippen molar-refractivity contribution in [3.05, 3.63) is 89.5 Å². The fourth-order valence-electron chi connectivity index (χ4n) is 3.77. The molecule has 9 heteroatoms. The standard InChI is InChI=1S/C25H22N4O4S/c1-28(34(32,33)22-12-6-18(16-26)7-13-22)17-24(30)27-21-10-8-20(9-11-21)25(31)29-15-14-19-4-2-3-5-23(19)29/h2-13H,14-15,17H2,1H3,(H,27,30). The first-order valence-corrected chi connectivity index (χ1v) is 12.0. The first kappa shape index (κ1) is 23.2. The molecule has 1 aliphatic heterocycles. The van der Waals surface area contributed by atoms with Gasteiger partial charge in [0.15, 0.2) is 0 Å². The van der Waals surface area contributed by atoms with Crippen LogP contribution in [0.25, 0.3) is 0 Å². The minimum Gasteiger partial charge on any atom is -0.325 e. The smallest absolute Gasteiger partial charge is 0.258 e. The quantitative estimate of drug-likeness (QED) is 0.590. The van der Waals surface area contributed by atoms with Crippen LogP contribution in [0, 0.1) is 11.3 Å². The number of carbonyl (C=O) groups is 2. The molecule has 172 valence electrons. The molecule has 0 radical (unpaired) electrons. The molecule has 0 saturated heterocycles. The van der Waals surface area contributed by atoms with Crippen LogP contribution in [0.15, 0.2) is 77.7 Å². The summed E-state index contributed by atoms with van der Waals surface area (Å²) in [7, 11) is -2.58. The van der Waals surface area contributed by atoms with E-state index >= 15 is 0 Å². The van der Waals surface area contributed by atoms with Gasteiger partial charge in [-0.15, -0.1) is 0 Å². The van der Waals surface area contributed by atoms with E-state index in [1.165, 1.54) is 31.3 Å². The lowest BCUT2D eigenvalue weighted by Gasteiger charge is -2.18. The minimum absolute atomic E-state index is 0.00634. The van der Waals surface area contributed by atoms with Crippen molar-refractivity contribution in [1.29, 1.82) is 5.26 Å². The van der Waals surface area contributed by atoms with Crippen molar-refractivity contribution in [3.63, 3.8) is 0 Å². The summed E-state index contributed by atoms with van der Waals surface area (Å²) < 4.78 is 26.3. The van der Waals surface area contributed by atoms with E-state index in [0.29, 0.717) is 23.4 Å². The average Bonchev–Trinajstić information content (AvgIpc) is 3.28. The largest absolute Gasteiger partial charge is 0.325 e. The van der Waals surface area contributed by atoms with Gasteiger partial charge in [0.05, 0.1) is 23.1 Å². The highest BCUT2D eigenvalue weighted by molar-refractivity contribution is 7.89. The van der Waals surface area contributed by atoms with Crippen LogP contribution in [0.3, 0.4) is 0 Å². The third kappa shape index (κ3) is 4.69. The SMILES string of the molecule is CN(CC(=O)Nc1ccc(C(=O)N2CCc3ccccc32)cc1)S(=O)(=O)c1ccc(C#N)cc1. The van der Waals surface area contributed by atoms with E-state index in [9.17, 15) is 18.0 Å². The van der Waals surface area contributed by atoms with Gasteiger partial charge in [-0.05, 0) is 66.6 Å². The lowest BCUT2D eigenvalue weighted by Crippen LogP contribution is -2.35. The van der Waals surface area contributed by atoms with Crippen LogP contribution in [0.4, 0.5) is 11.4 Å². The van der Waals surface area contributed by atoms with Crippen molar-refractivity contribution < 1.29 is 18.0 Å². The second kappa shape index (κ2) is 9.47. The predicted octanol–water partition coefficient (Wildman–Crippen LogP) is 3.02. The molecule has 0 fully saturated rings. The maximum atomic E-state index is 12.9. The van der Waals surface area contributed by atoms with Crippen molar-refractivity contribution in [2.45, 2.75) is 11.3 Å². The Kier molecular flexibility index (Phi) is 6.45. The number of hydrogen-bond donors (Lipinski definition) is 1. The van der Waals surface area contributed by atoms with Crippen molar-refractivity contribution in [2.24, 2.45) is 0 Å². The van der Waals surface area contributed by atoms with Crippen molar-refractivity contribution >= 4 is 33.2 Å². The summed E-state index contributed by atoms with van der Waals surface area (Å²) in [5, 5.41) is 11.5. The Bertz CT molecular complexity index is 1380. The van der Waals surface area contributed by atoms with Gasteiger partial charge in [-0.3, -0.25) is 9.59 Å². The zero-order chi connectivity index (χ0) is 24.3.